The summed E-state index contributed by atoms with van der Waals surface area (Å²) in [5.74, 6) is -0.233. The molecule has 0 saturated carbocycles. The van der Waals surface area contributed by atoms with Gasteiger partial charge in [-0.15, -0.1) is 0 Å². The van der Waals surface area contributed by atoms with Crippen LogP contribution in [0.15, 0.2) is 12.3 Å². The summed E-state index contributed by atoms with van der Waals surface area (Å²) in [4.78, 5) is 24.7. The van der Waals surface area contributed by atoms with Crippen molar-refractivity contribution in [2.75, 3.05) is 6.61 Å². The van der Waals surface area contributed by atoms with Gasteiger partial charge in [0, 0.05) is 19.5 Å². The van der Waals surface area contributed by atoms with Crippen molar-refractivity contribution in [2.24, 2.45) is 0 Å². The summed E-state index contributed by atoms with van der Waals surface area (Å²) in [6.45, 7) is 12.5. The Hall–Kier alpha value is -1.42. The number of urea groups is 1. The van der Waals surface area contributed by atoms with Crippen molar-refractivity contribution in [3.8, 4) is 0 Å². The molecule has 1 fully saturated rings. The Kier molecular flexibility index (Phi) is 6.16. The fourth-order valence-electron chi connectivity index (χ4n) is 2.57. The summed E-state index contributed by atoms with van der Waals surface area (Å²) in [5.41, 5.74) is 0. The lowest BCUT2D eigenvalue weighted by atomic mass is 10.2. The van der Waals surface area contributed by atoms with Gasteiger partial charge in [-0.05, 0) is 24.2 Å². The molecular formula is C17H31N3O5Si. The average molecular weight is 386 g/mol. The van der Waals surface area contributed by atoms with Gasteiger partial charge in [0.15, 0.2) is 8.32 Å². The predicted octanol–water partition coefficient (Wildman–Crippen LogP) is 1.49. The summed E-state index contributed by atoms with van der Waals surface area (Å²) < 4.78 is 12.0. The predicted molar refractivity (Wildman–Crippen MR) is 99.5 cm³/mol. The van der Waals surface area contributed by atoms with Crippen molar-refractivity contribution < 1.29 is 23.9 Å². The van der Waals surface area contributed by atoms with E-state index in [1.54, 1.807) is 12.3 Å². The van der Waals surface area contributed by atoms with Gasteiger partial charge in [0.2, 0.25) is 5.91 Å². The Morgan fingerprint density at radius 3 is 2.69 bits per heavy atom. The number of aliphatic hydroxyl groups excluding tert-OH is 1. The molecule has 4 atom stereocenters. The molecular weight excluding hydrogens is 354 g/mol. The van der Waals surface area contributed by atoms with Crippen LogP contribution in [0.25, 0.3) is 0 Å². The molecule has 2 aliphatic heterocycles. The molecule has 9 heteroatoms. The minimum Gasteiger partial charge on any atom is -0.414 e. The van der Waals surface area contributed by atoms with Crippen molar-refractivity contribution in [1.29, 1.82) is 0 Å². The van der Waals surface area contributed by atoms with Crippen LogP contribution in [0, 0.1) is 0 Å². The highest BCUT2D eigenvalue weighted by Gasteiger charge is 2.42. The second kappa shape index (κ2) is 7.67. The van der Waals surface area contributed by atoms with Crippen molar-refractivity contribution >= 4 is 20.3 Å². The van der Waals surface area contributed by atoms with Gasteiger partial charge >= 0.3 is 6.03 Å². The maximum absolute atomic E-state index is 12.3. The first-order valence-electron chi connectivity index (χ1n) is 8.92. The molecule has 0 spiro atoms. The van der Waals surface area contributed by atoms with Crippen LogP contribution in [0.3, 0.4) is 0 Å². The zero-order chi connectivity index (χ0) is 19.7. The van der Waals surface area contributed by atoms with E-state index in [2.05, 4.69) is 44.5 Å². The smallest absolute Gasteiger partial charge is 0.325 e. The monoisotopic (exact) mass is 385 g/mol. The molecule has 0 radical (unpaired) electrons. The summed E-state index contributed by atoms with van der Waals surface area (Å²) in [7, 11) is -1.94. The molecule has 3 amide bonds. The fourth-order valence-corrected chi connectivity index (χ4v) is 3.59. The number of ether oxygens (including phenoxy) is 1. The number of amides is 3. The molecule has 1 saturated heterocycles. The summed E-state index contributed by atoms with van der Waals surface area (Å²) in [6, 6.07) is -0.380. The largest absolute Gasteiger partial charge is 0.414 e. The highest BCUT2D eigenvalue weighted by Crippen LogP contribution is 2.37. The van der Waals surface area contributed by atoms with E-state index in [0.29, 0.717) is 13.0 Å². The van der Waals surface area contributed by atoms with E-state index in [-0.39, 0.29) is 17.0 Å². The van der Waals surface area contributed by atoms with E-state index in [1.165, 1.54) is 11.8 Å². The molecule has 2 heterocycles. The quantitative estimate of drug-likeness (QED) is 0.623. The molecule has 148 valence electrons. The van der Waals surface area contributed by atoms with E-state index in [4.69, 9.17) is 9.16 Å². The summed E-state index contributed by atoms with van der Waals surface area (Å²) >= 11 is 0. The maximum atomic E-state index is 12.3. The summed E-state index contributed by atoms with van der Waals surface area (Å²) in [6.07, 6.45) is 1.29. The Morgan fingerprint density at radius 2 is 2.15 bits per heavy atom. The second-order valence-electron chi connectivity index (χ2n) is 8.38. The van der Waals surface area contributed by atoms with Gasteiger partial charge in [-0.2, -0.15) is 0 Å². The second-order valence-corrected chi connectivity index (χ2v) is 13.2. The van der Waals surface area contributed by atoms with Crippen molar-refractivity contribution in [2.45, 2.75) is 76.8 Å². The van der Waals surface area contributed by atoms with Gasteiger partial charge < -0.3 is 24.9 Å². The maximum Gasteiger partial charge on any atom is 0.325 e. The van der Waals surface area contributed by atoms with Crippen LogP contribution in [0.1, 0.15) is 34.1 Å². The van der Waals surface area contributed by atoms with Gasteiger partial charge in [-0.3, -0.25) is 9.69 Å². The van der Waals surface area contributed by atoms with Gasteiger partial charge in [-0.25, -0.2) is 4.79 Å². The van der Waals surface area contributed by atoms with Crippen molar-refractivity contribution in [3.63, 3.8) is 0 Å². The van der Waals surface area contributed by atoms with E-state index < -0.39 is 32.9 Å². The third kappa shape index (κ3) is 4.85. The van der Waals surface area contributed by atoms with Crippen molar-refractivity contribution in [1.82, 2.24) is 15.5 Å². The molecule has 1 unspecified atom stereocenters. The van der Waals surface area contributed by atoms with Gasteiger partial charge in [-0.1, -0.05) is 20.8 Å². The highest BCUT2D eigenvalue weighted by molar-refractivity contribution is 6.74. The number of nitrogens with one attached hydrogen (secondary N) is 2. The topological polar surface area (TPSA) is 100 Å². The first-order chi connectivity index (χ1) is 11.9. The normalized spacial score (nSPS) is 29.7. The van der Waals surface area contributed by atoms with Crippen LogP contribution >= 0.6 is 0 Å². The number of hydrogen-bond acceptors (Lipinski definition) is 5. The standard InChI is InChI=1S/C17H31N3O5Si/c1-11(21)18-14-7-8-20(16(23)19-14)15-9-12(22)13(25-15)10-24-26(5,6)17(2,3)4/h7-8,12-15,22H,9-10H2,1-6H3,(H,18,21)(H,19,23)/t12-,13-,14?,15-/m1/s1. The van der Waals surface area contributed by atoms with Gasteiger partial charge in [0.25, 0.3) is 0 Å². The van der Waals surface area contributed by atoms with Gasteiger partial charge in [0.05, 0.1) is 12.7 Å². The van der Waals surface area contributed by atoms with Crippen LogP contribution in [-0.2, 0) is 14.0 Å². The minimum atomic E-state index is -1.94. The molecule has 0 bridgehead atoms. The molecule has 2 rings (SSSR count). The lowest BCUT2D eigenvalue weighted by molar-refractivity contribution is -0.119. The number of nitrogens with zero attached hydrogens (tertiary/aromatic N) is 1. The Bertz CT molecular complexity index is 575. The molecule has 2 aliphatic rings. The zero-order valence-corrected chi connectivity index (χ0v) is 17.4. The van der Waals surface area contributed by atoms with Crippen LogP contribution in [0.4, 0.5) is 4.79 Å². The van der Waals surface area contributed by atoms with Gasteiger partial charge in [0.1, 0.15) is 18.5 Å². The Labute approximate surface area is 156 Å². The fraction of sp³-hybridized carbons (Fsp3) is 0.765. The number of aliphatic hydroxyl groups is 1. The van der Waals surface area contributed by atoms with E-state index >= 15 is 0 Å². The highest BCUT2D eigenvalue weighted by atomic mass is 28.4. The molecule has 26 heavy (non-hydrogen) atoms. The van der Waals surface area contributed by atoms with E-state index in [0.717, 1.165) is 0 Å². The molecule has 8 nitrogen and oxygen atoms in total. The van der Waals surface area contributed by atoms with Crippen LogP contribution in [-0.4, -0.2) is 61.5 Å². The van der Waals surface area contributed by atoms with Crippen LogP contribution < -0.4 is 10.6 Å². The minimum absolute atomic E-state index is 0.0736. The summed E-state index contributed by atoms with van der Waals surface area (Å²) in [5, 5.41) is 15.7. The third-order valence-corrected chi connectivity index (χ3v) is 9.74. The number of carbonyl (C=O) groups excluding carboxylic acids is 2. The molecule has 0 aromatic rings. The van der Waals surface area contributed by atoms with Crippen LogP contribution in [0.2, 0.25) is 18.1 Å². The lowest BCUT2D eigenvalue weighted by Gasteiger charge is -2.37. The van der Waals surface area contributed by atoms with Crippen LogP contribution in [0.5, 0.6) is 0 Å². The zero-order valence-electron chi connectivity index (χ0n) is 16.4. The Morgan fingerprint density at radius 1 is 1.50 bits per heavy atom. The first-order valence-corrected chi connectivity index (χ1v) is 11.8. The number of hydrogen-bond donors (Lipinski definition) is 3. The number of carbonyl (C=O) groups is 2. The molecule has 0 aromatic heterocycles. The molecule has 3 N–H and O–H groups in total. The molecule has 0 aromatic carbocycles. The van der Waals surface area contributed by atoms with E-state index in [9.17, 15) is 14.7 Å². The SMILES string of the molecule is CC(=O)NC1C=CN([C@H]2C[C@@H](O)[C@@H](CO[Si](C)(C)C(C)(C)C)O2)C(=O)N1. The third-order valence-electron chi connectivity index (χ3n) is 5.24. The first kappa shape index (κ1) is 20.9. The van der Waals surface area contributed by atoms with E-state index in [1.807, 2.05) is 0 Å². The molecule has 0 aliphatic carbocycles. The average Bonchev–Trinajstić information content (AvgIpc) is 2.84. The number of rotatable bonds is 5. The lowest BCUT2D eigenvalue weighted by Crippen LogP contribution is -2.55. The Balaban J connectivity index is 1.94. The van der Waals surface area contributed by atoms with Crippen molar-refractivity contribution in [3.05, 3.63) is 12.3 Å².